The van der Waals surface area contributed by atoms with E-state index in [0.717, 1.165) is 30.2 Å². The van der Waals surface area contributed by atoms with Gasteiger partial charge in [0.25, 0.3) is 0 Å². The summed E-state index contributed by atoms with van der Waals surface area (Å²) in [6, 6.07) is 0. The zero-order chi connectivity index (χ0) is 13.9. The zero-order valence-corrected chi connectivity index (χ0v) is 13.2. The zero-order valence-electron chi connectivity index (χ0n) is 12.5. The van der Waals surface area contributed by atoms with Crippen molar-refractivity contribution >= 4 is 11.6 Å². The van der Waals surface area contributed by atoms with Crippen LogP contribution < -0.4 is 5.32 Å². The molecule has 0 aliphatic rings. The maximum Gasteiger partial charge on any atom is 0.130 e. The van der Waals surface area contributed by atoms with Crippen LogP contribution in [0.5, 0.6) is 0 Å². The van der Waals surface area contributed by atoms with Gasteiger partial charge in [-0.2, -0.15) is 5.10 Å². The highest BCUT2D eigenvalue weighted by Crippen LogP contribution is 2.23. The molecule has 0 saturated carbocycles. The van der Waals surface area contributed by atoms with Crippen molar-refractivity contribution in [2.75, 3.05) is 6.54 Å². The highest BCUT2D eigenvalue weighted by molar-refractivity contribution is 6.30. The molecule has 0 aliphatic carbocycles. The number of nitrogens with one attached hydrogen (secondary N) is 1. The highest BCUT2D eigenvalue weighted by Gasteiger charge is 2.15. The van der Waals surface area contributed by atoms with Crippen LogP contribution in [-0.2, 0) is 13.5 Å². The second kappa shape index (κ2) is 6.07. The predicted molar refractivity (Wildman–Crippen MR) is 78.2 cm³/mol. The van der Waals surface area contributed by atoms with Crippen LogP contribution >= 0.6 is 11.6 Å². The van der Waals surface area contributed by atoms with Gasteiger partial charge in [0, 0.05) is 18.2 Å². The molecule has 1 N–H and O–H groups in total. The van der Waals surface area contributed by atoms with Crippen LogP contribution in [0, 0.1) is 12.8 Å². The molecule has 1 atom stereocenters. The predicted octanol–water partition coefficient (Wildman–Crippen LogP) is 3.34. The first-order chi connectivity index (χ1) is 8.20. The summed E-state index contributed by atoms with van der Waals surface area (Å²) in [5, 5.41) is 8.65. The number of halogens is 1. The summed E-state index contributed by atoms with van der Waals surface area (Å²) in [5.74, 6) is 0.611. The number of aromatic nitrogens is 2. The molecule has 4 heteroatoms. The molecule has 0 fully saturated rings. The third kappa shape index (κ3) is 4.62. The van der Waals surface area contributed by atoms with Crippen LogP contribution in [0.25, 0.3) is 0 Å². The molecule has 1 aromatic heterocycles. The van der Waals surface area contributed by atoms with Crippen molar-refractivity contribution in [3.8, 4) is 0 Å². The Kier molecular flexibility index (Phi) is 5.23. The Hall–Kier alpha value is -0.540. The standard InChI is InChI=1S/C14H26ClN3/c1-10(7-8-16-14(3,4)5)9-12-11(2)17-18(6)13(12)15/h10,16H,7-9H2,1-6H3. The van der Waals surface area contributed by atoms with Crippen molar-refractivity contribution in [2.45, 2.75) is 53.0 Å². The summed E-state index contributed by atoms with van der Waals surface area (Å²) >= 11 is 6.25. The maximum atomic E-state index is 6.25. The van der Waals surface area contributed by atoms with Crippen molar-refractivity contribution in [1.82, 2.24) is 15.1 Å². The largest absolute Gasteiger partial charge is 0.312 e. The Balaban J connectivity index is 2.47. The van der Waals surface area contributed by atoms with E-state index in [1.807, 2.05) is 14.0 Å². The Morgan fingerprint density at radius 1 is 1.39 bits per heavy atom. The van der Waals surface area contributed by atoms with Gasteiger partial charge < -0.3 is 5.32 Å². The molecule has 0 aromatic carbocycles. The number of aryl methyl sites for hydroxylation is 2. The van der Waals surface area contributed by atoms with Gasteiger partial charge in [0.1, 0.15) is 5.15 Å². The molecule has 0 saturated heterocycles. The van der Waals surface area contributed by atoms with Crippen LogP contribution in [0.2, 0.25) is 5.15 Å². The van der Waals surface area contributed by atoms with Crippen molar-refractivity contribution in [1.29, 1.82) is 0 Å². The fourth-order valence-corrected chi connectivity index (χ4v) is 2.30. The molecule has 0 bridgehead atoms. The van der Waals surface area contributed by atoms with E-state index in [0.29, 0.717) is 5.92 Å². The third-order valence-electron chi connectivity index (χ3n) is 3.11. The van der Waals surface area contributed by atoms with Crippen LogP contribution in [0.1, 0.15) is 45.4 Å². The Labute approximate surface area is 116 Å². The van der Waals surface area contributed by atoms with Crippen LogP contribution in [0.4, 0.5) is 0 Å². The van der Waals surface area contributed by atoms with E-state index in [4.69, 9.17) is 11.6 Å². The van der Waals surface area contributed by atoms with E-state index < -0.39 is 0 Å². The molecule has 3 nitrogen and oxygen atoms in total. The fraction of sp³-hybridized carbons (Fsp3) is 0.786. The first-order valence-corrected chi connectivity index (χ1v) is 7.01. The van der Waals surface area contributed by atoms with Gasteiger partial charge in [0.2, 0.25) is 0 Å². The molecule has 0 aliphatic heterocycles. The minimum atomic E-state index is 0.196. The van der Waals surface area contributed by atoms with Gasteiger partial charge in [-0.15, -0.1) is 0 Å². The van der Waals surface area contributed by atoms with Crippen LogP contribution in [0.3, 0.4) is 0 Å². The van der Waals surface area contributed by atoms with Gasteiger partial charge in [-0.05, 0) is 53.0 Å². The molecular weight excluding hydrogens is 246 g/mol. The number of rotatable bonds is 5. The van der Waals surface area contributed by atoms with Crippen LogP contribution in [0.15, 0.2) is 0 Å². The molecule has 104 valence electrons. The van der Waals surface area contributed by atoms with E-state index in [1.165, 1.54) is 5.56 Å². The molecule has 0 spiro atoms. The van der Waals surface area contributed by atoms with Gasteiger partial charge in [-0.25, -0.2) is 0 Å². The van der Waals surface area contributed by atoms with Crippen molar-refractivity contribution in [2.24, 2.45) is 13.0 Å². The SMILES string of the molecule is Cc1nn(C)c(Cl)c1CC(C)CCNC(C)(C)C. The van der Waals surface area contributed by atoms with E-state index in [1.54, 1.807) is 4.68 Å². The summed E-state index contributed by atoms with van der Waals surface area (Å²) in [6.07, 6.45) is 2.16. The quantitative estimate of drug-likeness (QED) is 0.890. The van der Waals surface area contributed by atoms with Gasteiger partial charge >= 0.3 is 0 Å². The fourth-order valence-electron chi connectivity index (χ4n) is 2.05. The van der Waals surface area contributed by atoms with Gasteiger partial charge in [-0.3, -0.25) is 4.68 Å². The van der Waals surface area contributed by atoms with Crippen molar-refractivity contribution in [3.05, 3.63) is 16.4 Å². The topological polar surface area (TPSA) is 29.9 Å². The lowest BCUT2D eigenvalue weighted by atomic mass is 9.98. The van der Waals surface area contributed by atoms with Crippen molar-refractivity contribution < 1.29 is 0 Å². The molecule has 18 heavy (non-hydrogen) atoms. The minimum absolute atomic E-state index is 0.196. The average Bonchev–Trinajstić information content (AvgIpc) is 2.43. The second-order valence-electron chi connectivity index (χ2n) is 6.25. The summed E-state index contributed by atoms with van der Waals surface area (Å²) in [5.41, 5.74) is 2.45. The third-order valence-corrected chi connectivity index (χ3v) is 3.59. The Morgan fingerprint density at radius 2 is 2.00 bits per heavy atom. The summed E-state index contributed by atoms with van der Waals surface area (Å²) in [7, 11) is 1.89. The van der Waals surface area contributed by atoms with E-state index in [2.05, 4.69) is 38.1 Å². The lowest BCUT2D eigenvalue weighted by molar-refractivity contribution is 0.394. The van der Waals surface area contributed by atoms with E-state index >= 15 is 0 Å². The smallest absolute Gasteiger partial charge is 0.130 e. The van der Waals surface area contributed by atoms with E-state index in [-0.39, 0.29) is 5.54 Å². The normalized spacial score (nSPS) is 13.9. The molecular formula is C14H26ClN3. The summed E-state index contributed by atoms with van der Waals surface area (Å²) in [4.78, 5) is 0. The van der Waals surface area contributed by atoms with Gasteiger partial charge in [0.15, 0.2) is 0 Å². The Bertz CT molecular complexity index is 390. The average molecular weight is 272 g/mol. The first kappa shape index (κ1) is 15.5. The molecule has 1 aromatic rings. The van der Waals surface area contributed by atoms with Gasteiger partial charge in [-0.1, -0.05) is 18.5 Å². The number of hydrogen-bond donors (Lipinski definition) is 1. The molecule has 0 amide bonds. The molecule has 1 rings (SSSR count). The summed E-state index contributed by atoms with van der Waals surface area (Å²) in [6.45, 7) is 11.9. The monoisotopic (exact) mass is 271 g/mol. The summed E-state index contributed by atoms with van der Waals surface area (Å²) < 4.78 is 1.76. The minimum Gasteiger partial charge on any atom is -0.312 e. The van der Waals surface area contributed by atoms with E-state index in [9.17, 15) is 0 Å². The number of nitrogens with zero attached hydrogens (tertiary/aromatic N) is 2. The van der Waals surface area contributed by atoms with Crippen molar-refractivity contribution in [3.63, 3.8) is 0 Å². The molecule has 1 heterocycles. The highest BCUT2D eigenvalue weighted by atomic mass is 35.5. The first-order valence-electron chi connectivity index (χ1n) is 6.63. The lowest BCUT2D eigenvalue weighted by Crippen LogP contribution is -2.37. The Morgan fingerprint density at radius 3 is 2.44 bits per heavy atom. The molecule has 1 unspecified atom stereocenters. The molecule has 0 radical (unpaired) electrons. The maximum absolute atomic E-state index is 6.25. The lowest BCUT2D eigenvalue weighted by Gasteiger charge is -2.22. The van der Waals surface area contributed by atoms with Crippen LogP contribution in [-0.4, -0.2) is 21.9 Å². The second-order valence-corrected chi connectivity index (χ2v) is 6.61. The number of hydrogen-bond acceptors (Lipinski definition) is 2. The van der Waals surface area contributed by atoms with Gasteiger partial charge in [0.05, 0.1) is 5.69 Å².